The molecule has 2 heterocycles. The number of Topliss-reactive ketones (excluding diaryl/α,β-unsaturated/α-hetero) is 1. The normalized spacial score (nSPS) is 16.2. The molecule has 6 heteroatoms. The molecular weight excluding hydrogens is 524 g/mol. The van der Waals surface area contributed by atoms with E-state index in [0.717, 1.165) is 72.5 Å². The van der Waals surface area contributed by atoms with Gasteiger partial charge in [0.1, 0.15) is 11.5 Å². The molecule has 6 nitrogen and oxygen atoms in total. The Morgan fingerprint density at radius 2 is 1.50 bits per heavy atom. The van der Waals surface area contributed by atoms with Crippen LogP contribution in [0.4, 0.5) is 17.1 Å². The van der Waals surface area contributed by atoms with Crippen LogP contribution < -0.4 is 15.0 Å². The van der Waals surface area contributed by atoms with Gasteiger partial charge in [0.25, 0.3) is 0 Å². The second-order valence-corrected chi connectivity index (χ2v) is 11.1. The van der Waals surface area contributed by atoms with Crippen molar-refractivity contribution in [2.75, 3.05) is 23.3 Å². The van der Waals surface area contributed by atoms with Crippen LogP contribution in [0.25, 0.3) is 0 Å². The number of anilines is 3. The molecule has 0 saturated heterocycles. The molecule has 42 heavy (non-hydrogen) atoms. The van der Waals surface area contributed by atoms with Gasteiger partial charge < -0.3 is 19.7 Å². The quantitative estimate of drug-likeness (QED) is 0.155. The number of carbonyl (C=O) groups is 2. The first kappa shape index (κ1) is 27.6. The Bertz CT molecular complexity index is 1640. The average Bonchev–Trinajstić information content (AvgIpc) is 3.30. The first-order valence-corrected chi connectivity index (χ1v) is 14.9. The third-order valence-electron chi connectivity index (χ3n) is 8.20. The van der Waals surface area contributed by atoms with E-state index in [1.54, 1.807) is 19.1 Å². The Hall–Kier alpha value is -4.58. The number of rotatable bonds is 10. The summed E-state index contributed by atoms with van der Waals surface area (Å²) in [6.07, 6.45) is 4.49. The summed E-state index contributed by atoms with van der Waals surface area (Å²) >= 11 is 0. The molecule has 1 N–H and O–H groups in total. The number of esters is 1. The van der Waals surface area contributed by atoms with Crippen LogP contribution in [0.1, 0.15) is 83.9 Å². The van der Waals surface area contributed by atoms with Gasteiger partial charge in [-0.15, -0.1) is 0 Å². The van der Waals surface area contributed by atoms with E-state index in [2.05, 4.69) is 42.3 Å². The van der Waals surface area contributed by atoms with E-state index in [-0.39, 0.29) is 11.8 Å². The van der Waals surface area contributed by atoms with Crippen LogP contribution >= 0.6 is 0 Å². The van der Waals surface area contributed by atoms with Gasteiger partial charge in [0, 0.05) is 58.5 Å². The molecule has 1 atom stereocenters. The average molecular weight is 561 g/mol. The Balaban J connectivity index is 1.45. The van der Waals surface area contributed by atoms with Crippen LogP contribution in [0.15, 0.2) is 84.9 Å². The van der Waals surface area contributed by atoms with E-state index in [1.807, 2.05) is 54.6 Å². The van der Waals surface area contributed by atoms with Gasteiger partial charge in [-0.1, -0.05) is 44.9 Å². The maximum absolute atomic E-state index is 13.3. The highest BCUT2D eigenvalue weighted by Gasteiger charge is 2.53. The number of hydrogen-bond donors (Lipinski definition) is 1. The monoisotopic (exact) mass is 560 g/mol. The molecule has 0 fully saturated rings. The topological polar surface area (TPSA) is 67.9 Å². The number of fused-ring (bicyclic) bond motifs is 6. The molecule has 0 saturated carbocycles. The largest absolute Gasteiger partial charge is 0.456 e. The third-order valence-corrected chi connectivity index (χ3v) is 8.20. The summed E-state index contributed by atoms with van der Waals surface area (Å²) in [6.45, 7) is 7.95. The van der Waals surface area contributed by atoms with E-state index in [0.29, 0.717) is 22.6 Å². The molecule has 0 bridgehead atoms. The number of carbonyl (C=O) groups excluding carboxylic acids is 2. The van der Waals surface area contributed by atoms with Crippen molar-refractivity contribution in [3.63, 3.8) is 0 Å². The molecule has 1 unspecified atom stereocenters. The molecule has 2 aliphatic heterocycles. The van der Waals surface area contributed by atoms with Crippen molar-refractivity contribution in [3.8, 4) is 11.5 Å². The minimum Gasteiger partial charge on any atom is -0.456 e. The number of unbranched alkanes of at least 4 members (excludes halogenated alkanes) is 2. The van der Waals surface area contributed by atoms with Crippen molar-refractivity contribution in [2.24, 2.45) is 0 Å². The Kier molecular flexibility index (Phi) is 7.46. The zero-order valence-corrected chi connectivity index (χ0v) is 24.4. The highest BCUT2D eigenvalue weighted by atomic mass is 16.6. The fourth-order valence-electron chi connectivity index (χ4n) is 5.96. The van der Waals surface area contributed by atoms with E-state index in [4.69, 9.17) is 9.47 Å². The number of nitrogens with one attached hydrogen (secondary N) is 1. The standard InChI is InChI=1S/C36H36N2O4/c1-4-6-20-38(21-7-5-2)28-17-18-31-34(23-28)41-33-19-16-27(37-26-14-12-25(13-15-26)24(3)39)22-32(33)36(31)30-11-9-8-10-29(30)35(40)42-36/h8-19,22-23,37H,4-7,20-21H2,1-3H3. The van der Waals surface area contributed by atoms with E-state index in [1.165, 1.54) is 0 Å². The van der Waals surface area contributed by atoms with Crippen LogP contribution in [-0.4, -0.2) is 24.8 Å². The molecule has 0 radical (unpaired) electrons. The van der Waals surface area contributed by atoms with Gasteiger partial charge in [0.05, 0.1) is 5.56 Å². The maximum Gasteiger partial charge on any atom is 0.340 e. The van der Waals surface area contributed by atoms with E-state index >= 15 is 0 Å². The van der Waals surface area contributed by atoms with Crippen molar-refractivity contribution in [1.82, 2.24) is 0 Å². The van der Waals surface area contributed by atoms with E-state index < -0.39 is 5.60 Å². The number of ether oxygens (including phenoxy) is 2. The van der Waals surface area contributed by atoms with Gasteiger partial charge in [0.2, 0.25) is 0 Å². The number of ketones is 1. The zero-order chi connectivity index (χ0) is 29.3. The van der Waals surface area contributed by atoms with Gasteiger partial charge in [0.15, 0.2) is 11.4 Å². The lowest BCUT2D eigenvalue weighted by atomic mass is 9.77. The summed E-state index contributed by atoms with van der Waals surface area (Å²) in [5.41, 5.74) is 5.24. The lowest BCUT2D eigenvalue weighted by Crippen LogP contribution is -2.33. The van der Waals surface area contributed by atoms with Gasteiger partial charge in [-0.05, 0) is 80.4 Å². The second kappa shape index (κ2) is 11.4. The Labute approximate surface area is 247 Å². The first-order chi connectivity index (χ1) is 20.4. The van der Waals surface area contributed by atoms with Gasteiger partial charge in [-0.25, -0.2) is 4.79 Å². The minimum absolute atomic E-state index is 0.0248. The van der Waals surface area contributed by atoms with Crippen molar-refractivity contribution in [3.05, 3.63) is 113 Å². The molecule has 4 aromatic carbocycles. The van der Waals surface area contributed by atoms with Crippen LogP contribution in [0.5, 0.6) is 11.5 Å². The fraction of sp³-hybridized carbons (Fsp3) is 0.278. The summed E-state index contributed by atoms with van der Waals surface area (Å²) in [6, 6.07) is 27.2. The lowest BCUT2D eigenvalue weighted by molar-refractivity contribution is 0.0224. The molecule has 2 aliphatic rings. The Morgan fingerprint density at radius 1 is 0.786 bits per heavy atom. The van der Waals surface area contributed by atoms with Crippen LogP contribution in [0.2, 0.25) is 0 Å². The van der Waals surface area contributed by atoms with Crippen LogP contribution in [-0.2, 0) is 10.3 Å². The summed E-state index contributed by atoms with van der Waals surface area (Å²) in [5.74, 6) is 1.02. The molecule has 0 amide bonds. The smallest absolute Gasteiger partial charge is 0.340 e. The van der Waals surface area contributed by atoms with Gasteiger partial charge in [-0.3, -0.25) is 4.79 Å². The van der Waals surface area contributed by atoms with Gasteiger partial charge in [-0.2, -0.15) is 0 Å². The SMILES string of the molecule is CCCCN(CCCC)c1ccc2c(c1)Oc1ccc(Nc3ccc(C(C)=O)cc3)cc1C21OC(=O)c2ccccc21. The van der Waals surface area contributed by atoms with Crippen molar-refractivity contribution in [1.29, 1.82) is 0 Å². The van der Waals surface area contributed by atoms with Crippen LogP contribution in [0, 0.1) is 0 Å². The lowest BCUT2D eigenvalue weighted by Gasteiger charge is -2.37. The van der Waals surface area contributed by atoms with E-state index in [9.17, 15) is 9.59 Å². The molecule has 0 aliphatic carbocycles. The summed E-state index contributed by atoms with van der Waals surface area (Å²) in [7, 11) is 0. The minimum atomic E-state index is -1.14. The molecular formula is C36H36N2O4. The number of benzene rings is 4. The molecule has 6 rings (SSSR count). The Morgan fingerprint density at radius 3 is 2.21 bits per heavy atom. The highest BCUT2D eigenvalue weighted by molar-refractivity contribution is 5.97. The van der Waals surface area contributed by atoms with Crippen molar-refractivity contribution < 1.29 is 19.1 Å². The van der Waals surface area contributed by atoms with Crippen LogP contribution in [0.3, 0.4) is 0 Å². The molecule has 4 aromatic rings. The predicted molar refractivity (Wildman–Crippen MR) is 166 cm³/mol. The predicted octanol–water partition coefficient (Wildman–Crippen LogP) is 8.61. The number of hydrogen-bond acceptors (Lipinski definition) is 6. The van der Waals surface area contributed by atoms with Gasteiger partial charge >= 0.3 is 5.97 Å². The molecule has 214 valence electrons. The summed E-state index contributed by atoms with van der Waals surface area (Å²) < 4.78 is 13.0. The third kappa shape index (κ3) is 4.81. The molecule has 1 spiro atoms. The first-order valence-electron chi connectivity index (χ1n) is 14.9. The fourth-order valence-corrected chi connectivity index (χ4v) is 5.96. The molecule has 0 aromatic heterocycles. The summed E-state index contributed by atoms with van der Waals surface area (Å²) in [5, 5.41) is 3.43. The zero-order valence-electron chi connectivity index (χ0n) is 24.4. The van der Waals surface area contributed by atoms with Crippen molar-refractivity contribution >= 4 is 28.8 Å². The second-order valence-electron chi connectivity index (χ2n) is 11.1. The maximum atomic E-state index is 13.3. The summed E-state index contributed by atoms with van der Waals surface area (Å²) in [4.78, 5) is 27.5. The highest BCUT2D eigenvalue weighted by Crippen LogP contribution is 2.57. The van der Waals surface area contributed by atoms with Crippen molar-refractivity contribution in [2.45, 2.75) is 52.1 Å². The number of nitrogens with zero attached hydrogens (tertiary/aromatic N) is 1.